The summed E-state index contributed by atoms with van der Waals surface area (Å²) in [6.45, 7) is 4.80. The first-order chi connectivity index (χ1) is 7.67. The third-order valence-electron chi connectivity index (χ3n) is 2.16. The zero-order chi connectivity index (χ0) is 12.0. The molecule has 0 saturated carbocycles. The van der Waals surface area contributed by atoms with E-state index in [9.17, 15) is 5.11 Å². The van der Waals surface area contributed by atoms with Crippen molar-refractivity contribution < 1.29 is 9.84 Å². The van der Waals surface area contributed by atoms with Gasteiger partial charge in [-0.15, -0.1) is 0 Å². The molecular weight excluding hydrogens is 206 g/mol. The summed E-state index contributed by atoms with van der Waals surface area (Å²) in [4.78, 5) is 4.20. The van der Waals surface area contributed by atoms with Gasteiger partial charge in [0, 0.05) is 6.54 Å². The summed E-state index contributed by atoms with van der Waals surface area (Å²) in [7, 11) is 0. The van der Waals surface area contributed by atoms with Gasteiger partial charge in [0.15, 0.2) is 0 Å². The maximum Gasteiger partial charge on any atom is 0.239 e. The topological polar surface area (TPSA) is 80.4 Å². The Hall–Kier alpha value is -1.49. The SMILES string of the molecule is CCOc1nc(NCC(O)CC)ccc1N. The smallest absolute Gasteiger partial charge is 0.239 e. The highest BCUT2D eigenvalue weighted by molar-refractivity contribution is 5.53. The van der Waals surface area contributed by atoms with Gasteiger partial charge in [-0.25, -0.2) is 0 Å². The molecule has 0 spiro atoms. The summed E-state index contributed by atoms with van der Waals surface area (Å²) >= 11 is 0. The first kappa shape index (κ1) is 12.6. The highest BCUT2D eigenvalue weighted by Crippen LogP contribution is 2.20. The van der Waals surface area contributed by atoms with E-state index in [4.69, 9.17) is 10.5 Å². The molecule has 1 rings (SSSR count). The number of nitrogens with zero attached hydrogens (tertiary/aromatic N) is 1. The molecule has 0 aliphatic rings. The fourth-order valence-corrected chi connectivity index (χ4v) is 1.17. The molecule has 1 heterocycles. The van der Waals surface area contributed by atoms with Crippen molar-refractivity contribution in [2.24, 2.45) is 0 Å². The quantitative estimate of drug-likeness (QED) is 0.679. The number of hydrogen-bond acceptors (Lipinski definition) is 5. The second-order valence-electron chi connectivity index (χ2n) is 3.47. The van der Waals surface area contributed by atoms with Gasteiger partial charge in [0.1, 0.15) is 5.82 Å². The van der Waals surface area contributed by atoms with E-state index in [2.05, 4.69) is 10.3 Å². The highest BCUT2D eigenvalue weighted by atomic mass is 16.5. The molecular formula is C11H19N3O2. The van der Waals surface area contributed by atoms with Gasteiger partial charge in [-0.05, 0) is 25.5 Å². The second-order valence-corrected chi connectivity index (χ2v) is 3.47. The molecule has 0 bridgehead atoms. The maximum atomic E-state index is 9.40. The van der Waals surface area contributed by atoms with Crippen LogP contribution in [0, 0.1) is 0 Å². The summed E-state index contributed by atoms with van der Waals surface area (Å²) in [5.41, 5.74) is 6.21. The Bertz CT molecular complexity index is 331. The number of aliphatic hydroxyl groups is 1. The summed E-state index contributed by atoms with van der Waals surface area (Å²) in [6, 6.07) is 3.50. The van der Waals surface area contributed by atoms with Crippen molar-refractivity contribution in [3.05, 3.63) is 12.1 Å². The number of ether oxygens (including phenoxy) is 1. The van der Waals surface area contributed by atoms with E-state index in [0.717, 1.165) is 0 Å². The van der Waals surface area contributed by atoms with Gasteiger partial charge in [0.2, 0.25) is 5.88 Å². The Morgan fingerprint density at radius 2 is 2.25 bits per heavy atom. The van der Waals surface area contributed by atoms with Crippen LogP contribution in [-0.4, -0.2) is 29.3 Å². The average molecular weight is 225 g/mol. The predicted molar refractivity (Wildman–Crippen MR) is 64.6 cm³/mol. The molecule has 4 N–H and O–H groups in total. The molecule has 0 aliphatic carbocycles. The molecule has 0 radical (unpaired) electrons. The largest absolute Gasteiger partial charge is 0.476 e. The zero-order valence-electron chi connectivity index (χ0n) is 9.73. The average Bonchev–Trinajstić information content (AvgIpc) is 2.30. The lowest BCUT2D eigenvalue weighted by atomic mass is 10.3. The Morgan fingerprint density at radius 3 is 2.88 bits per heavy atom. The van der Waals surface area contributed by atoms with Crippen molar-refractivity contribution in [3.63, 3.8) is 0 Å². The van der Waals surface area contributed by atoms with Crippen LogP contribution in [0.4, 0.5) is 11.5 Å². The van der Waals surface area contributed by atoms with Crippen LogP contribution >= 0.6 is 0 Å². The molecule has 0 saturated heterocycles. The summed E-state index contributed by atoms with van der Waals surface area (Å²) in [6.07, 6.45) is 0.343. The molecule has 90 valence electrons. The molecule has 0 aliphatic heterocycles. The normalized spacial score (nSPS) is 12.2. The molecule has 0 aromatic carbocycles. The van der Waals surface area contributed by atoms with Crippen LogP contribution in [0.25, 0.3) is 0 Å². The van der Waals surface area contributed by atoms with Gasteiger partial charge in [-0.1, -0.05) is 6.92 Å². The van der Waals surface area contributed by atoms with Crippen molar-refractivity contribution in [3.8, 4) is 5.88 Å². The molecule has 1 aromatic rings. The number of aromatic nitrogens is 1. The highest BCUT2D eigenvalue weighted by Gasteiger charge is 2.05. The van der Waals surface area contributed by atoms with Gasteiger partial charge in [-0.3, -0.25) is 0 Å². The Morgan fingerprint density at radius 1 is 1.50 bits per heavy atom. The molecule has 0 amide bonds. The van der Waals surface area contributed by atoms with E-state index in [-0.39, 0.29) is 6.10 Å². The van der Waals surface area contributed by atoms with Gasteiger partial charge < -0.3 is 20.9 Å². The van der Waals surface area contributed by atoms with Gasteiger partial charge in [0.25, 0.3) is 0 Å². The van der Waals surface area contributed by atoms with E-state index in [1.807, 2.05) is 13.8 Å². The lowest BCUT2D eigenvalue weighted by Crippen LogP contribution is -2.18. The Labute approximate surface area is 95.6 Å². The van der Waals surface area contributed by atoms with Crippen molar-refractivity contribution in [1.82, 2.24) is 4.98 Å². The molecule has 0 fully saturated rings. The third-order valence-corrected chi connectivity index (χ3v) is 2.16. The summed E-state index contributed by atoms with van der Waals surface area (Å²) < 4.78 is 5.27. The summed E-state index contributed by atoms with van der Waals surface area (Å²) in [5.74, 6) is 1.09. The molecule has 16 heavy (non-hydrogen) atoms. The minimum absolute atomic E-state index is 0.366. The van der Waals surface area contributed by atoms with E-state index in [0.29, 0.717) is 37.0 Å². The van der Waals surface area contributed by atoms with Crippen molar-refractivity contribution in [2.75, 3.05) is 24.2 Å². The number of rotatable bonds is 6. The van der Waals surface area contributed by atoms with Crippen LogP contribution < -0.4 is 15.8 Å². The van der Waals surface area contributed by atoms with E-state index >= 15 is 0 Å². The fourth-order valence-electron chi connectivity index (χ4n) is 1.17. The van der Waals surface area contributed by atoms with Crippen molar-refractivity contribution >= 4 is 11.5 Å². The number of nitrogen functional groups attached to an aromatic ring is 1. The lowest BCUT2D eigenvalue weighted by Gasteiger charge is -2.12. The Kier molecular flexibility index (Phi) is 4.85. The van der Waals surface area contributed by atoms with Gasteiger partial charge in [-0.2, -0.15) is 4.98 Å². The zero-order valence-corrected chi connectivity index (χ0v) is 9.73. The number of aliphatic hydroxyl groups excluding tert-OH is 1. The monoisotopic (exact) mass is 225 g/mol. The maximum absolute atomic E-state index is 9.40. The fraction of sp³-hybridized carbons (Fsp3) is 0.545. The first-order valence-electron chi connectivity index (χ1n) is 5.48. The molecule has 1 unspecified atom stereocenters. The number of nitrogens with two attached hydrogens (primary N) is 1. The van der Waals surface area contributed by atoms with Gasteiger partial charge >= 0.3 is 0 Å². The number of hydrogen-bond donors (Lipinski definition) is 3. The number of anilines is 2. The summed E-state index contributed by atoms with van der Waals surface area (Å²) in [5, 5.41) is 12.4. The lowest BCUT2D eigenvalue weighted by molar-refractivity contribution is 0.183. The number of pyridine rings is 1. The van der Waals surface area contributed by atoms with Crippen LogP contribution in [0.1, 0.15) is 20.3 Å². The standard InChI is InChI=1S/C11H19N3O2/c1-3-8(15)7-13-10-6-5-9(12)11(14-10)16-4-2/h5-6,8,15H,3-4,7,12H2,1-2H3,(H,13,14). The van der Waals surface area contributed by atoms with Crippen LogP contribution in [0.2, 0.25) is 0 Å². The van der Waals surface area contributed by atoms with Crippen LogP contribution in [0.5, 0.6) is 5.88 Å². The molecule has 5 nitrogen and oxygen atoms in total. The molecule has 1 aromatic heterocycles. The van der Waals surface area contributed by atoms with Gasteiger partial charge in [0.05, 0.1) is 18.4 Å². The third kappa shape index (κ3) is 3.58. The van der Waals surface area contributed by atoms with E-state index in [1.165, 1.54) is 0 Å². The van der Waals surface area contributed by atoms with E-state index in [1.54, 1.807) is 12.1 Å². The van der Waals surface area contributed by atoms with E-state index < -0.39 is 0 Å². The van der Waals surface area contributed by atoms with Crippen LogP contribution in [0.3, 0.4) is 0 Å². The van der Waals surface area contributed by atoms with Crippen LogP contribution in [0.15, 0.2) is 12.1 Å². The minimum atomic E-state index is -0.366. The van der Waals surface area contributed by atoms with Crippen molar-refractivity contribution in [1.29, 1.82) is 0 Å². The Balaban J connectivity index is 2.63. The minimum Gasteiger partial charge on any atom is -0.476 e. The predicted octanol–water partition coefficient (Wildman–Crippen LogP) is 1.25. The second kappa shape index (κ2) is 6.17. The van der Waals surface area contributed by atoms with Crippen molar-refractivity contribution in [2.45, 2.75) is 26.4 Å². The molecule has 5 heteroatoms. The van der Waals surface area contributed by atoms with Crippen LogP contribution in [-0.2, 0) is 0 Å². The first-order valence-corrected chi connectivity index (χ1v) is 5.48. The molecule has 1 atom stereocenters. The number of nitrogens with one attached hydrogen (secondary N) is 1.